The third kappa shape index (κ3) is 2.92. The van der Waals surface area contributed by atoms with E-state index in [1.165, 1.54) is 11.3 Å². The molecular formula is C18H20N4O. The van der Waals surface area contributed by atoms with Gasteiger partial charge in [-0.2, -0.15) is 0 Å². The summed E-state index contributed by atoms with van der Waals surface area (Å²) in [5, 5.41) is 0. The van der Waals surface area contributed by atoms with Crippen LogP contribution in [0.5, 0.6) is 5.75 Å². The first-order valence-electron chi connectivity index (χ1n) is 8.00. The first-order valence-corrected chi connectivity index (χ1v) is 8.00. The van der Waals surface area contributed by atoms with Crippen molar-refractivity contribution in [3.63, 3.8) is 0 Å². The largest absolute Gasteiger partial charge is 0.489 e. The summed E-state index contributed by atoms with van der Waals surface area (Å²) < 4.78 is 8.21. The lowest BCUT2D eigenvalue weighted by Gasteiger charge is -2.16. The summed E-state index contributed by atoms with van der Waals surface area (Å²) in [5.74, 6) is 0.900. The van der Waals surface area contributed by atoms with Crippen molar-refractivity contribution in [1.82, 2.24) is 19.3 Å². The minimum Gasteiger partial charge on any atom is -0.489 e. The number of pyridine rings is 2. The zero-order valence-electron chi connectivity index (χ0n) is 13.2. The summed E-state index contributed by atoms with van der Waals surface area (Å²) >= 11 is 0. The molecule has 5 nitrogen and oxygen atoms in total. The average molecular weight is 308 g/mol. The Morgan fingerprint density at radius 1 is 1.26 bits per heavy atom. The van der Waals surface area contributed by atoms with Crippen molar-refractivity contribution >= 4 is 5.65 Å². The second-order valence-electron chi connectivity index (χ2n) is 6.08. The number of nitrogens with zero attached hydrogens (tertiary/aromatic N) is 4. The molecule has 1 atom stereocenters. The van der Waals surface area contributed by atoms with Gasteiger partial charge in [-0.25, -0.2) is 4.98 Å². The van der Waals surface area contributed by atoms with E-state index in [-0.39, 0.29) is 6.10 Å². The van der Waals surface area contributed by atoms with Gasteiger partial charge in [0.1, 0.15) is 17.5 Å². The highest BCUT2D eigenvalue weighted by Crippen LogP contribution is 2.20. The predicted molar refractivity (Wildman–Crippen MR) is 88.5 cm³/mol. The number of hydrogen-bond donors (Lipinski definition) is 0. The van der Waals surface area contributed by atoms with E-state index in [9.17, 15) is 0 Å². The number of aryl methyl sites for hydroxylation is 1. The minimum absolute atomic E-state index is 0.248. The normalized spacial score (nSPS) is 18.6. The van der Waals surface area contributed by atoms with Crippen molar-refractivity contribution in [3.05, 3.63) is 60.3 Å². The van der Waals surface area contributed by atoms with Crippen molar-refractivity contribution < 1.29 is 4.74 Å². The van der Waals surface area contributed by atoms with Gasteiger partial charge in [0.25, 0.3) is 0 Å². The fourth-order valence-corrected chi connectivity index (χ4v) is 3.19. The standard InChI is InChI=1S/C18H20N4O/c1-14-3-2-9-22-15(11-20-18(14)22)12-21-10-6-17(13-21)23-16-4-7-19-8-5-16/h2-5,7-9,11,17H,6,10,12-13H2,1H3. The molecule has 0 spiro atoms. The van der Waals surface area contributed by atoms with Gasteiger partial charge in [0.2, 0.25) is 0 Å². The Morgan fingerprint density at radius 3 is 3.00 bits per heavy atom. The Morgan fingerprint density at radius 2 is 2.13 bits per heavy atom. The summed E-state index contributed by atoms with van der Waals surface area (Å²) in [6.07, 6.45) is 8.91. The number of fused-ring (bicyclic) bond motifs is 1. The van der Waals surface area contributed by atoms with Crippen LogP contribution in [0.2, 0.25) is 0 Å². The molecule has 1 aliphatic rings. The van der Waals surface area contributed by atoms with Crippen molar-refractivity contribution in [1.29, 1.82) is 0 Å². The van der Waals surface area contributed by atoms with Crippen molar-refractivity contribution in [2.45, 2.75) is 26.0 Å². The van der Waals surface area contributed by atoms with E-state index in [1.807, 2.05) is 18.3 Å². The van der Waals surface area contributed by atoms with Gasteiger partial charge in [-0.05, 0) is 37.1 Å². The summed E-state index contributed by atoms with van der Waals surface area (Å²) in [6.45, 7) is 5.00. The summed E-state index contributed by atoms with van der Waals surface area (Å²) in [4.78, 5) is 11.0. The topological polar surface area (TPSA) is 42.7 Å². The lowest BCUT2D eigenvalue weighted by molar-refractivity contribution is 0.197. The molecule has 0 aromatic carbocycles. The molecule has 0 radical (unpaired) electrons. The molecule has 118 valence electrons. The van der Waals surface area contributed by atoms with E-state index in [1.54, 1.807) is 12.4 Å². The number of rotatable bonds is 4. The molecule has 0 saturated carbocycles. The Bertz CT molecular complexity index is 799. The molecule has 4 rings (SSSR count). The first kappa shape index (κ1) is 14.2. The van der Waals surface area contributed by atoms with Gasteiger partial charge in [-0.15, -0.1) is 0 Å². The van der Waals surface area contributed by atoms with Gasteiger partial charge < -0.3 is 9.14 Å². The molecule has 1 saturated heterocycles. The molecule has 0 bridgehead atoms. The van der Waals surface area contributed by atoms with E-state index in [2.05, 4.69) is 44.5 Å². The third-order valence-corrected chi connectivity index (χ3v) is 4.37. The van der Waals surface area contributed by atoms with Gasteiger partial charge in [0.15, 0.2) is 0 Å². The smallest absolute Gasteiger partial charge is 0.139 e. The van der Waals surface area contributed by atoms with Crippen LogP contribution in [0.4, 0.5) is 0 Å². The zero-order valence-corrected chi connectivity index (χ0v) is 13.2. The fourth-order valence-electron chi connectivity index (χ4n) is 3.19. The molecule has 1 fully saturated rings. The van der Waals surface area contributed by atoms with Crippen LogP contribution in [0.3, 0.4) is 0 Å². The predicted octanol–water partition coefficient (Wildman–Crippen LogP) is 2.69. The highest BCUT2D eigenvalue weighted by atomic mass is 16.5. The van der Waals surface area contributed by atoms with Crippen molar-refractivity contribution in [3.8, 4) is 5.75 Å². The Kier molecular flexibility index (Phi) is 3.71. The van der Waals surface area contributed by atoms with Crippen LogP contribution in [0.1, 0.15) is 17.7 Å². The molecule has 3 aromatic heterocycles. The highest BCUT2D eigenvalue weighted by molar-refractivity contribution is 5.48. The molecule has 0 amide bonds. The lowest BCUT2D eigenvalue weighted by Crippen LogP contribution is -2.25. The van der Waals surface area contributed by atoms with Crippen LogP contribution in [0, 0.1) is 6.92 Å². The SMILES string of the molecule is Cc1cccn2c(CN3CCC(Oc4ccncc4)C3)cnc12. The Balaban J connectivity index is 1.43. The third-order valence-electron chi connectivity index (χ3n) is 4.37. The fraction of sp³-hybridized carbons (Fsp3) is 0.333. The molecule has 23 heavy (non-hydrogen) atoms. The molecule has 4 heterocycles. The monoisotopic (exact) mass is 308 g/mol. The summed E-state index contributed by atoms with van der Waals surface area (Å²) in [6, 6.07) is 8.00. The lowest BCUT2D eigenvalue weighted by atomic mass is 10.3. The maximum Gasteiger partial charge on any atom is 0.139 e. The minimum atomic E-state index is 0.248. The van der Waals surface area contributed by atoms with E-state index in [0.717, 1.165) is 37.5 Å². The molecule has 3 aromatic rings. The average Bonchev–Trinajstić information content (AvgIpc) is 3.17. The molecule has 1 aliphatic heterocycles. The second kappa shape index (κ2) is 6.01. The quantitative estimate of drug-likeness (QED) is 0.743. The second-order valence-corrected chi connectivity index (χ2v) is 6.08. The molecule has 1 unspecified atom stereocenters. The first-order chi connectivity index (χ1) is 11.3. The van der Waals surface area contributed by atoms with Gasteiger partial charge in [-0.3, -0.25) is 9.88 Å². The maximum absolute atomic E-state index is 6.03. The van der Waals surface area contributed by atoms with Crippen LogP contribution < -0.4 is 4.74 Å². The number of imidazole rings is 1. The number of hydrogen-bond acceptors (Lipinski definition) is 4. The Labute approximate surface area is 135 Å². The van der Waals surface area contributed by atoms with E-state index in [4.69, 9.17) is 4.74 Å². The molecular weight excluding hydrogens is 288 g/mol. The maximum atomic E-state index is 6.03. The number of ether oxygens (including phenoxy) is 1. The molecule has 0 aliphatic carbocycles. The number of aromatic nitrogens is 3. The summed E-state index contributed by atoms with van der Waals surface area (Å²) in [5.41, 5.74) is 3.48. The van der Waals surface area contributed by atoms with Gasteiger partial charge in [0.05, 0.1) is 11.9 Å². The van der Waals surface area contributed by atoms with Crippen LogP contribution in [0.15, 0.2) is 49.1 Å². The highest BCUT2D eigenvalue weighted by Gasteiger charge is 2.24. The van der Waals surface area contributed by atoms with E-state index < -0.39 is 0 Å². The van der Waals surface area contributed by atoms with Crippen molar-refractivity contribution in [2.75, 3.05) is 13.1 Å². The van der Waals surface area contributed by atoms with Gasteiger partial charge in [-0.1, -0.05) is 6.07 Å². The van der Waals surface area contributed by atoms with E-state index >= 15 is 0 Å². The zero-order chi connectivity index (χ0) is 15.6. The number of likely N-dealkylation sites (tertiary alicyclic amines) is 1. The van der Waals surface area contributed by atoms with Gasteiger partial charge in [0, 0.05) is 38.2 Å². The Hall–Kier alpha value is -2.40. The van der Waals surface area contributed by atoms with Crippen LogP contribution in [-0.4, -0.2) is 38.5 Å². The summed E-state index contributed by atoms with van der Waals surface area (Å²) in [7, 11) is 0. The molecule has 5 heteroatoms. The van der Waals surface area contributed by atoms with Crippen molar-refractivity contribution in [2.24, 2.45) is 0 Å². The molecule has 0 N–H and O–H groups in total. The van der Waals surface area contributed by atoms with Gasteiger partial charge >= 0.3 is 0 Å². The van der Waals surface area contributed by atoms with Crippen LogP contribution >= 0.6 is 0 Å². The van der Waals surface area contributed by atoms with Crippen LogP contribution in [-0.2, 0) is 6.54 Å². The van der Waals surface area contributed by atoms with Crippen LogP contribution in [0.25, 0.3) is 5.65 Å². The van der Waals surface area contributed by atoms with E-state index in [0.29, 0.717) is 0 Å².